The topological polar surface area (TPSA) is 65.4 Å². The Morgan fingerprint density at radius 3 is 2.63 bits per heavy atom. The lowest BCUT2D eigenvalue weighted by atomic mass is 9.90. The van der Waals surface area contributed by atoms with Crippen molar-refractivity contribution in [1.29, 1.82) is 5.26 Å². The number of benzene rings is 2. The number of nitriles is 1. The number of fused-ring (bicyclic) bond motifs is 2. The molecule has 5 heteroatoms. The Labute approximate surface area is 158 Å². The number of nitrogens with one attached hydrogen (secondary N) is 1. The number of hydrogen-bond donors (Lipinski definition) is 1. The monoisotopic (exact) mass is 359 g/mol. The second-order valence-electron chi connectivity index (χ2n) is 7.36. The molecular weight excluding hydrogens is 338 g/mol. The Bertz CT molecular complexity index is 1040. The van der Waals surface area contributed by atoms with E-state index in [9.17, 15) is 10.1 Å². The summed E-state index contributed by atoms with van der Waals surface area (Å²) in [5.41, 5.74) is 4.91. The van der Waals surface area contributed by atoms with E-state index < -0.39 is 5.60 Å². The first-order valence-corrected chi connectivity index (χ1v) is 8.94. The van der Waals surface area contributed by atoms with Crippen LogP contribution in [0.5, 0.6) is 5.75 Å². The van der Waals surface area contributed by atoms with Crippen molar-refractivity contribution >= 4 is 11.6 Å². The highest BCUT2D eigenvalue weighted by Gasteiger charge is 2.41. The molecule has 1 amide bonds. The Morgan fingerprint density at radius 1 is 1.22 bits per heavy atom. The molecule has 0 aromatic heterocycles. The van der Waals surface area contributed by atoms with E-state index in [1.54, 1.807) is 11.0 Å². The molecule has 4 rings (SSSR count). The molecule has 0 radical (unpaired) electrons. The van der Waals surface area contributed by atoms with E-state index in [1.165, 1.54) is 0 Å². The van der Waals surface area contributed by atoms with E-state index in [0.29, 0.717) is 17.9 Å². The molecule has 2 aromatic carbocycles. The van der Waals surface area contributed by atoms with Crippen molar-refractivity contribution in [3.05, 3.63) is 69.9 Å². The van der Waals surface area contributed by atoms with Gasteiger partial charge in [0.15, 0.2) is 0 Å². The molecule has 2 aromatic rings. The molecule has 0 aliphatic carbocycles. The summed E-state index contributed by atoms with van der Waals surface area (Å²) >= 11 is 0. The zero-order valence-corrected chi connectivity index (χ0v) is 15.9. The van der Waals surface area contributed by atoms with Crippen LogP contribution in [0.15, 0.2) is 42.1 Å². The molecule has 2 aliphatic rings. The Balaban J connectivity index is 1.99. The number of ether oxygens (including phenoxy) is 1. The molecule has 0 bridgehead atoms. The van der Waals surface area contributed by atoms with Gasteiger partial charge in [0.25, 0.3) is 5.91 Å². The van der Waals surface area contributed by atoms with Gasteiger partial charge in [0.2, 0.25) is 0 Å². The first-order valence-electron chi connectivity index (χ1n) is 8.94. The van der Waals surface area contributed by atoms with E-state index in [2.05, 4.69) is 11.4 Å². The van der Waals surface area contributed by atoms with Gasteiger partial charge in [0.1, 0.15) is 11.4 Å². The normalized spacial score (nSPS) is 17.1. The summed E-state index contributed by atoms with van der Waals surface area (Å²) in [6.45, 7) is 6.35. The third-order valence-electron chi connectivity index (χ3n) is 5.33. The first-order chi connectivity index (χ1) is 12.9. The van der Waals surface area contributed by atoms with Crippen LogP contribution in [-0.2, 0) is 6.54 Å². The van der Waals surface area contributed by atoms with Crippen LogP contribution in [0.2, 0.25) is 0 Å². The minimum Gasteiger partial charge on any atom is -0.481 e. The fourth-order valence-electron chi connectivity index (χ4n) is 4.05. The Hall–Kier alpha value is -3.26. The average Bonchev–Trinajstić information content (AvgIpc) is 2.97. The van der Waals surface area contributed by atoms with Crippen LogP contribution in [0, 0.1) is 18.3 Å². The maximum Gasteiger partial charge on any atom is 0.259 e. The predicted molar refractivity (Wildman–Crippen MR) is 103 cm³/mol. The maximum atomic E-state index is 13.2. The zero-order valence-electron chi connectivity index (χ0n) is 15.9. The van der Waals surface area contributed by atoms with Crippen LogP contribution in [-0.4, -0.2) is 23.5 Å². The number of rotatable bonds is 2. The van der Waals surface area contributed by atoms with Crippen LogP contribution in [0.3, 0.4) is 0 Å². The number of nitrogens with zero attached hydrogens (tertiary/aromatic N) is 2. The summed E-state index contributed by atoms with van der Waals surface area (Å²) in [6, 6.07) is 13.5. The van der Waals surface area contributed by atoms with E-state index in [4.69, 9.17) is 4.74 Å². The summed E-state index contributed by atoms with van der Waals surface area (Å²) in [6.07, 6.45) is 0. The molecule has 0 saturated carbocycles. The van der Waals surface area contributed by atoms with Crippen molar-refractivity contribution in [3.63, 3.8) is 0 Å². The average molecular weight is 359 g/mol. The number of likely N-dealkylation sites (N-methyl/N-ethyl adjacent to an activating group) is 1. The molecule has 1 N–H and O–H groups in total. The first kappa shape index (κ1) is 17.2. The third-order valence-corrected chi connectivity index (χ3v) is 5.33. The van der Waals surface area contributed by atoms with Gasteiger partial charge in [-0.15, -0.1) is 0 Å². The van der Waals surface area contributed by atoms with E-state index in [-0.39, 0.29) is 5.91 Å². The van der Waals surface area contributed by atoms with Crippen molar-refractivity contribution in [1.82, 2.24) is 10.2 Å². The highest BCUT2D eigenvalue weighted by molar-refractivity contribution is 6.04. The number of amides is 1. The molecule has 0 atom stereocenters. The van der Waals surface area contributed by atoms with Crippen molar-refractivity contribution in [3.8, 4) is 11.8 Å². The van der Waals surface area contributed by atoms with E-state index in [0.717, 1.165) is 33.6 Å². The van der Waals surface area contributed by atoms with Gasteiger partial charge < -0.3 is 15.0 Å². The second kappa shape index (κ2) is 5.88. The minimum absolute atomic E-state index is 0.0289. The molecule has 136 valence electrons. The van der Waals surface area contributed by atoms with Gasteiger partial charge in [-0.25, -0.2) is 0 Å². The molecule has 27 heavy (non-hydrogen) atoms. The third kappa shape index (κ3) is 2.41. The molecule has 0 fully saturated rings. The predicted octanol–water partition coefficient (Wildman–Crippen LogP) is 3.58. The van der Waals surface area contributed by atoms with Gasteiger partial charge in [-0.05, 0) is 50.1 Å². The summed E-state index contributed by atoms with van der Waals surface area (Å²) in [7, 11) is 1.84. The number of carbonyl (C=O) groups excluding carboxylic acids is 1. The fraction of sp³-hybridized carbons (Fsp3) is 0.273. The zero-order chi connectivity index (χ0) is 19.3. The lowest BCUT2D eigenvalue weighted by Crippen LogP contribution is -2.43. The highest BCUT2D eigenvalue weighted by atomic mass is 16.5. The molecule has 0 saturated heterocycles. The van der Waals surface area contributed by atoms with Crippen LogP contribution in [0.25, 0.3) is 5.70 Å². The van der Waals surface area contributed by atoms with Crippen LogP contribution >= 0.6 is 0 Å². The standard InChI is InChI=1S/C22H21N3O2/c1-13-14(11-23)9-10-17-18(13)19(20(24-4)22(2,3)27-17)25-12-15-7-5-6-8-16(15)21(25)26/h5-10,24H,12H2,1-4H3. The van der Waals surface area contributed by atoms with Gasteiger partial charge in [-0.2, -0.15) is 5.26 Å². The van der Waals surface area contributed by atoms with Gasteiger partial charge in [-0.3, -0.25) is 4.79 Å². The summed E-state index contributed by atoms with van der Waals surface area (Å²) < 4.78 is 6.24. The molecule has 2 heterocycles. The smallest absolute Gasteiger partial charge is 0.259 e. The van der Waals surface area contributed by atoms with Crippen LogP contribution < -0.4 is 10.1 Å². The summed E-state index contributed by atoms with van der Waals surface area (Å²) in [5.74, 6) is 0.660. The summed E-state index contributed by atoms with van der Waals surface area (Å²) in [5, 5.41) is 12.7. The maximum absolute atomic E-state index is 13.2. The number of carbonyl (C=O) groups is 1. The van der Waals surface area contributed by atoms with Crippen LogP contribution in [0.1, 0.15) is 46.5 Å². The van der Waals surface area contributed by atoms with Gasteiger partial charge in [0.05, 0.1) is 29.6 Å². The fourth-order valence-corrected chi connectivity index (χ4v) is 4.05. The van der Waals surface area contributed by atoms with Crippen LogP contribution in [0.4, 0.5) is 0 Å². The number of hydrogen-bond acceptors (Lipinski definition) is 4. The van der Waals surface area contributed by atoms with Crippen molar-refractivity contribution < 1.29 is 9.53 Å². The molecule has 2 aliphatic heterocycles. The van der Waals surface area contributed by atoms with E-state index >= 15 is 0 Å². The molecular formula is C22H21N3O2. The Kier molecular flexibility index (Phi) is 3.74. The van der Waals surface area contributed by atoms with Gasteiger partial charge in [-0.1, -0.05) is 18.2 Å². The van der Waals surface area contributed by atoms with Crippen molar-refractivity contribution in [2.45, 2.75) is 32.9 Å². The molecule has 0 unspecified atom stereocenters. The molecule has 0 spiro atoms. The minimum atomic E-state index is -0.632. The SMILES string of the molecule is CNC1=C(N2Cc3ccccc3C2=O)c2c(ccc(C#N)c2C)OC1(C)C. The van der Waals surface area contributed by atoms with Crippen molar-refractivity contribution in [2.75, 3.05) is 7.05 Å². The van der Waals surface area contributed by atoms with Gasteiger partial charge >= 0.3 is 0 Å². The lowest BCUT2D eigenvalue weighted by molar-refractivity contribution is 0.0841. The summed E-state index contributed by atoms with van der Waals surface area (Å²) in [4.78, 5) is 15.0. The van der Waals surface area contributed by atoms with Gasteiger partial charge in [0, 0.05) is 18.2 Å². The Morgan fingerprint density at radius 2 is 1.96 bits per heavy atom. The quantitative estimate of drug-likeness (QED) is 0.890. The van der Waals surface area contributed by atoms with E-state index in [1.807, 2.05) is 58.2 Å². The second-order valence-corrected chi connectivity index (χ2v) is 7.36. The lowest BCUT2D eigenvalue weighted by Gasteiger charge is -2.39. The van der Waals surface area contributed by atoms with Crippen molar-refractivity contribution in [2.24, 2.45) is 0 Å². The highest BCUT2D eigenvalue weighted by Crippen LogP contribution is 2.45. The largest absolute Gasteiger partial charge is 0.481 e. The molecule has 5 nitrogen and oxygen atoms in total.